The molecule has 3 aromatic rings. The molecule has 0 aromatic heterocycles. The second-order valence-electron chi connectivity index (χ2n) is 13.0. The molecule has 52 heavy (non-hydrogen) atoms. The van der Waals surface area contributed by atoms with Gasteiger partial charge >= 0.3 is 11.9 Å². The predicted molar refractivity (Wildman–Crippen MR) is 203 cm³/mol. The average Bonchev–Trinajstić information content (AvgIpc) is 3.16. The van der Waals surface area contributed by atoms with Crippen LogP contribution in [-0.4, -0.2) is 58.0 Å². The third-order valence-electron chi connectivity index (χ3n) is 8.95. The van der Waals surface area contributed by atoms with Crippen LogP contribution in [0.5, 0.6) is 17.2 Å². The fourth-order valence-corrected chi connectivity index (χ4v) is 6.18. The van der Waals surface area contributed by atoms with Crippen molar-refractivity contribution in [3.63, 3.8) is 0 Å². The summed E-state index contributed by atoms with van der Waals surface area (Å²) in [6.07, 6.45) is 12.3. The monoisotopic (exact) mass is 733 g/mol. The van der Waals surface area contributed by atoms with Crippen LogP contribution >= 0.6 is 11.6 Å². The van der Waals surface area contributed by atoms with Gasteiger partial charge in [0.2, 0.25) is 0 Å². The van der Waals surface area contributed by atoms with Gasteiger partial charge in [-0.25, -0.2) is 4.79 Å². The summed E-state index contributed by atoms with van der Waals surface area (Å²) in [5.74, 6) is 0.190. The second kappa shape index (κ2) is 22.1. The Morgan fingerprint density at radius 2 is 1.65 bits per heavy atom. The van der Waals surface area contributed by atoms with Crippen LogP contribution < -0.4 is 14.2 Å². The van der Waals surface area contributed by atoms with E-state index in [-0.39, 0.29) is 35.1 Å². The van der Waals surface area contributed by atoms with E-state index >= 15 is 0 Å². The normalized spacial score (nSPS) is 15.5. The minimum absolute atomic E-state index is 0.200. The summed E-state index contributed by atoms with van der Waals surface area (Å²) in [4.78, 5) is 25.0. The highest BCUT2D eigenvalue weighted by Crippen LogP contribution is 2.31. The number of hydrogen-bond acceptors (Lipinski definition) is 9. The summed E-state index contributed by atoms with van der Waals surface area (Å²) in [5.41, 5.74) is 4.29. The lowest BCUT2D eigenvalue weighted by Gasteiger charge is -2.29. The van der Waals surface area contributed by atoms with Crippen molar-refractivity contribution >= 4 is 29.8 Å². The lowest BCUT2D eigenvalue weighted by Crippen LogP contribution is -2.32. The van der Waals surface area contributed by atoms with Gasteiger partial charge < -0.3 is 33.8 Å². The molecular weight excluding hydrogens is 682 g/mol. The molecule has 1 aliphatic heterocycles. The number of unbranched alkanes of at least 4 members (excludes halogenated alkanes) is 3. The maximum absolute atomic E-state index is 12.9. The van der Waals surface area contributed by atoms with Gasteiger partial charge in [-0.15, -0.1) is 6.58 Å². The summed E-state index contributed by atoms with van der Waals surface area (Å²) in [6.45, 7) is 8.53. The molecule has 1 heterocycles. The highest BCUT2D eigenvalue weighted by molar-refractivity contribution is 6.32. The molecular formula is C42H52ClNO8. The number of carbonyl (C=O) groups is 2. The smallest absolute Gasteiger partial charge is 0.343 e. The standard InChI is InChI=1S/C42H52ClNO8/c1-4-6-11-40(45)51-38-20-18-34(26-39(38)47-3)42(46)52-37-19-14-31(25-36(37)43)13-17-33-16-12-30(24-35(33)27-44)15-21-41-49-28-32(29-50-41)10-8-7-9-23-48-22-5-2/h5,12,14,16,18-20,24-27,32,41,44H,2,4,6-11,13,15,17,21-23,28-29H2,1,3H3. The molecule has 280 valence electrons. The van der Waals surface area contributed by atoms with Crippen molar-refractivity contribution in [1.29, 1.82) is 5.41 Å². The molecule has 4 rings (SSSR count). The van der Waals surface area contributed by atoms with Crippen LogP contribution in [0.1, 0.15) is 90.9 Å². The van der Waals surface area contributed by atoms with E-state index in [2.05, 4.69) is 24.8 Å². The van der Waals surface area contributed by atoms with Crippen LogP contribution in [0.25, 0.3) is 0 Å². The van der Waals surface area contributed by atoms with E-state index in [1.807, 2.05) is 13.0 Å². The maximum atomic E-state index is 12.9. The second-order valence-corrected chi connectivity index (χ2v) is 13.4. The third kappa shape index (κ3) is 13.2. The van der Waals surface area contributed by atoms with Crippen molar-refractivity contribution in [2.75, 3.05) is 33.5 Å². The number of methoxy groups -OCH3 is 1. The highest BCUT2D eigenvalue weighted by atomic mass is 35.5. The molecule has 0 bridgehead atoms. The zero-order valence-electron chi connectivity index (χ0n) is 30.5. The Hall–Kier alpha value is -4.02. The summed E-state index contributed by atoms with van der Waals surface area (Å²) in [7, 11) is 1.44. The zero-order valence-corrected chi connectivity index (χ0v) is 31.2. The first kappa shape index (κ1) is 40.7. The molecule has 0 amide bonds. The van der Waals surface area contributed by atoms with Gasteiger partial charge in [-0.05, 0) is 97.2 Å². The van der Waals surface area contributed by atoms with Gasteiger partial charge in [0.15, 0.2) is 17.8 Å². The van der Waals surface area contributed by atoms with Gasteiger partial charge in [-0.1, -0.05) is 62.1 Å². The Bertz CT molecular complexity index is 1620. The van der Waals surface area contributed by atoms with E-state index in [1.165, 1.54) is 31.5 Å². The van der Waals surface area contributed by atoms with Crippen molar-refractivity contribution in [3.05, 3.63) is 100 Å². The van der Waals surface area contributed by atoms with E-state index in [0.29, 0.717) is 36.8 Å². The molecule has 9 nitrogen and oxygen atoms in total. The number of rotatable bonds is 22. The van der Waals surface area contributed by atoms with Crippen LogP contribution in [0.3, 0.4) is 0 Å². The Kier molecular flexibility index (Phi) is 17.3. The summed E-state index contributed by atoms with van der Waals surface area (Å²) >= 11 is 6.54. The lowest BCUT2D eigenvalue weighted by atomic mass is 9.96. The fraction of sp³-hybridized carbons (Fsp3) is 0.452. The Labute approximate surface area is 313 Å². The van der Waals surface area contributed by atoms with E-state index in [0.717, 1.165) is 93.4 Å². The van der Waals surface area contributed by atoms with Crippen molar-refractivity contribution < 1.29 is 38.0 Å². The van der Waals surface area contributed by atoms with Crippen molar-refractivity contribution in [2.45, 2.75) is 83.8 Å². The number of nitrogens with one attached hydrogen (secondary N) is 1. The average molecular weight is 734 g/mol. The van der Waals surface area contributed by atoms with Gasteiger partial charge in [-0.3, -0.25) is 4.79 Å². The van der Waals surface area contributed by atoms with Gasteiger partial charge in [0, 0.05) is 31.6 Å². The largest absolute Gasteiger partial charge is 0.493 e. The predicted octanol–water partition coefficient (Wildman–Crippen LogP) is 9.13. The van der Waals surface area contributed by atoms with Crippen LogP contribution in [0.2, 0.25) is 5.02 Å². The number of hydrogen-bond donors (Lipinski definition) is 1. The quantitative estimate of drug-likeness (QED) is 0.0358. The summed E-state index contributed by atoms with van der Waals surface area (Å²) in [6, 6.07) is 16.1. The zero-order chi connectivity index (χ0) is 37.1. The minimum atomic E-state index is -0.619. The Morgan fingerprint density at radius 1 is 0.885 bits per heavy atom. The van der Waals surface area contributed by atoms with Crippen molar-refractivity contribution in [1.82, 2.24) is 0 Å². The molecule has 1 saturated heterocycles. The van der Waals surface area contributed by atoms with Gasteiger partial charge in [-0.2, -0.15) is 0 Å². The third-order valence-corrected chi connectivity index (χ3v) is 9.24. The van der Waals surface area contributed by atoms with E-state index in [4.69, 9.17) is 45.4 Å². The minimum Gasteiger partial charge on any atom is -0.493 e. The molecule has 0 unspecified atom stereocenters. The van der Waals surface area contributed by atoms with Crippen LogP contribution in [0.4, 0.5) is 0 Å². The Balaban J connectivity index is 1.22. The number of ether oxygens (including phenoxy) is 6. The number of esters is 2. The first-order chi connectivity index (χ1) is 25.3. The van der Waals surface area contributed by atoms with E-state index in [9.17, 15) is 9.59 Å². The van der Waals surface area contributed by atoms with Crippen LogP contribution in [-0.2, 0) is 38.3 Å². The first-order valence-electron chi connectivity index (χ1n) is 18.3. The molecule has 0 saturated carbocycles. The molecule has 0 atom stereocenters. The number of halogens is 1. The fourth-order valence-electron chi connectivity index (χ4n) is 5.94. The van der Waals surface area contributed by atoms with E-state index < -0.39 is 5.97 Å². The molecule has 0 aliphatic carbocycles. The number of aryl methyl sites for hydroxylation is 3. The topological polar surface area (TPSA) is 113 Å². The molecule has 1 N–H and O–H groups in total. The molecule has 1 aliphatic rings. The van der Waals surface area contributed by atoms with Crippen molar-refractivity contribution in [3.8, 4) is 17.2 Å². The molecule has 3 aromatic carbocycles. The van der Waals surface area contributed by atoms with E-state index in [1.54, 1.807) is 18.2 Å². The van der Waals surface area contributed by atoms with Crippen LogP contribution in [0, 0.1) is 11.3 Å². The number of carbonyl (C=O) groups excluding carboxylic acids is 2. The summed E-state index contributed by atoms with van der Waals surface area (Å²) < 4.78 is 33.8. The molecule has 0 spiro atoms. The molecule has 0 radical (unpaired) electrons. The number of benzene rings is 3. The summed E-state index contributed by atoms with van der Waals surface area (Å²) in [5, 5.41) is 8.34. The maximum Gasteiger partial charge on any atom is 0.343 e. The highest BCUT2D eigenvalue weighted by Gasteiger charge is 2.22. The molecule has 1 fully saturated rings. The van der Waals surface area contributed by atoms with Crippen LogP contribution in [0.15, 0.2) is 67.3 Å². The lowest BCUT2D eigenvalue weighted by molar-refractivity contribution is -0.203. The van der Waals surface area contributed by atoms with Gasteiger partial charge in [0.05, 0.1) is 37.5 Å². The first-order valence-corrected chi connectivity index (χ1v) is 18.6. The molecule has 10 heteroatoms. The van der Waals surface area contributed by atoms with Crippen molar-refractivity contribution in [2.24, 2.45) is 5.92 Å². The van der Waals surface area contributed by atoms with Gasteiger partial charge in [0.1, 0.15) is 5.75 Å². The van der Waals surface area contributed by atoms with Gasteiger partial charge in [0.25, 0.3) is 0 Å². The Morgan fingerprint density at radius 3 is 2.38 bits per heavy atom. The SMILES string of the molecule is C=CCOCCCCCC1COC(CCc2ccc(CCc3ccc(OC(=O)c4ccc(OC(=O)CCCC)c(OC)c4)c(Cl)c3)c(C=N)c2)OC1.